The van der Waals surface area contributed by atoms with Gasteiger partial charge in [0, 0.05) is 13.1 Å². The fourth-order valence-corrected chi connectivity index (χ4v) is 3.13. The number of hydrogen-bond acceptors (Lipinski definition) is 1. The van der Waals surface area contributed by atoms with Crippen LogP contribution in [0.3, 0.4) is 0 Å². The first kappa shape index (κ1) is 14.5. The fourth-order valence-electron chi connectivity index (χ4n) is 2.49. The van der Waals surface area contributed by atoms with Gasteiger partial charge < -0.3 is 4.90 Å². The number of halogens is 3. The van der Waals surface area contributed by atoms with Gasteiger partial charge >= 0.3 is 0 Å². The molecule has 0 N–H and O–H groups in total. The molecule has 4 heteroatoms. The predicted molar refractivity (Wildman–Crippen MR) is 79.9 cm³/mol. The van der Waals surface area contributed by atoms with Crippen molar-refractivity contribution in [2.45, 2.75) is 25.1 Å². The highest BCUT2D eigenvalue weighted by Gasteiger charge is 2.20. The third kappa shape index (κ3) is 3.77. The predicted octanol–water partition coefficient (Wildman–Crippen LogP) is 5.01. The quantitative estimate of drug-likeness (QED) is 0.710. The molecule has 1 aliphatic rings. The second kappa shape index (κ2) is 6.47. The first-order valence-corrected chi connectivity index (χ1v) is 7.57. The van der Waals surface area contributed by atoms with Gasteiger partial charge in [-0.15, -0.1) is 11.6 Å². The molecule has 0 spiro atoms. The molecule has 1 aliphatic heterocycles. The zero-order chi connectivity index (χ0) is 13.1. The average Bonchev–Trinajstić information content (AvgIpc) is 2.32. The first-order valence-electron chi connectivity index (χ1n) is 6.37. The molecule has 100 valence electrons. The number of likely N-dealkylation sites (tertiary alicyclic amines) is 1. The maximum absolute atomic E-state index is 6.47. The Kier molecular flexibility index (Phi) is 5.20. The first-order chi connectivity index (χ1) is 8.56. The molecular weight excluding hydrogens is 289 g/mol. The van der Waals surface area contributed by atoms with Crippen molar-refractivity contribution in [3.63, 3.8) is 0 Å². The van der Waals surface area contributed by atoms with Gasteiger partial charge in [0.25, 0.3) is 0 Å². The molecule has 2 unspecified atom stereocenters. The lowest BCUT2D eigenvalue weighted by molar-refractivity contribution is 0.184. The Morgan fingerprint density at radius 3 is 2.78 bits per heavy atom. The summed E-state index contributed by atoms with van der Waals surface area (Å²) < 4.78 is 0. The van der Waals surface area contributed by atoms with E-state index in [2.05, 4.69) is 11.8 Å². The van der Waals surface area contributed by atoms with Crippen molar-refractivity contribution < 1.29 is 0 Å². The minimum absolute atomic E-state index is 0.0231. The molecule has 2 rings (SSSR count). The van der Waals surface area contributed by atoms with Crippen molar-refractivity contribution in [2.24, 2.45) is 5.92 Å². The molecule has 0 saturated carbocycles. The second-order valence-electron chi connectivity index (χ2n) is 5.15. The molecule has 1 fully saturated rings. The SMILES string of the molecule is CC1CCCN(CC(Cl)c2ccc(Cl)c(Cl)c2)C1. The maximum Gasteiger partial charge on any atom is 0.0712 e. The van der Waals surface area contributed by atoms with Crippen LogP contribution in [-0.2, 0) is 0 Å². The Labute approximate surface area is 124 Å². The van der Waals surface area contributed by atoms with Crippen molar-refractivity contribution in [3.05, 3.63) is 33.8 Å². The molecule has 18 heavy (non-hydrogen) atoms. The minimum atomic E-state index is -0.0231. The van der Waals surface area contributed by atoms with E-state index in [0.29, 0.717) is 10.0 Å². The van der Waals surface area contributed by atoms with E-state index in [1.54, 1.807) is 0 Å². The van der Waals surface area contributed by atoms with E-state index in [1.807, 2.05) is 18.2 Å². The highest BCUT2D eigenvalue weighted by Crippen LogP contribution is 2.30. The van der Waals surface area contributed by atoms with Crippen molar-refractivity contribution in [1.82, 2.24) is 4.90 Å². The molecule has 0 bridgehead atoms. The zero-order valence-electron chi connectivity index (χ0n) is 10.5. The standard InChI is InChI=1S/C14H18Cl3N/c1-10-3-2-6-18(8-10)9-14(17)11-4-5-12(15)13(16)7-11/h4-5,7,10,14H,2-3,6,8-9H2,1H3. The van der Waals surface area contributed by atoms with Crippen LogP contribution in [0.1, 0.15) is 30.7 Å². The van der Waals surface area contributed by atoms with Gasteiger partial charge in [-0.2, -0.15) is 0 Å². The summed E-state index contributed by atoms with van der Waals surface area (Å²) in [5.74, 6) is 0.774. The van der Waals surface area contributed by atoms with E-state index in [1.165, 1.54) is 12.8 Å². The van der Waals surface area contributed by atoms with Crippen LogP contribution in [-0.4, -0.2) is 24.5 Å². The van der Waals surface area contributed by atoms with Crippen molar-refractivity contribution in [1.29, 1.82) is 0 Å². The highest BCUT2D eigenvalue weighted by molar-refractivity contribution is 6.42. The summed E-state index contributed by atoms with van der Waals surface area (Å²) in [5.41, 5.74) is 1.05. The molecule has 0 aromatic heterocycles. The third-order valence-electron chi connectivity index (χ3n) is 3.46. The van der Waals surface area contributed by atoms with Crippen LogP contribution < -0.4 is 0 Å². The molecule has 1 aromatic carbocycles. The smallest absolute Gasteiger partial charge is 0.0712 e. The van der Waals surface area contributed by atoms with E-state index >= 15 is 0 Å². The van der Waals surface area contributed by atoms with Crippen LogP contribution in [0.2, 0.25) is 10.0 Å². The molecule has 1 aromatic rings. The van der Waals surface area contributed by atoms with E-state index in [-0.39, 0.29) is 5.38 Å². The Balaban J connectivity index is 1.98. The van der Waals surface area contributed by atoms with Gasteiger partial charge in [-0.1, -0.05) is 36.2 Å². The van der Waals surface area contributed by atoms with Gasteiger partial charge in [0.15, 0.2) is 0 Å². The van der Waals surface area contributed by atoms with E-state index in [0.717, 1.165) is 31.1 Å². The van der Waals surface area contributed by atoms with Crippen molar-refractivity contribution in [3.8, 4) is 0 Å². The summed E-state index contributed by atoms with van der Waals surface area (Å²) in [6, 6.07) is 5.64. The minimum Gasteiger partial charge on any atom is -0.301 e. The summed E-state index contributed by atoms with van der Waals surface area (Å²) in [6.07, 6.45) is 2.60. The van der Waals surface area contributed by atoms with Gasteiger partial charge in [-0.3, -0.25) is 0 Å². The summed E-state index contributed by atoms with van der Waals surface area (Å²) in [4.78, 5) is 2.44. The second-order valence-corrected chi connectivity index (χ2v) is 6.49. The van der Waals surface area contributed by atoms with E-state index in [9.17, 15) is 0 Å². The Hall–Kier alpha value is 0.0500. The van der Waals surface area contributed by atoms with Crippen LogP contribution in [0.4, 0.5) is 0 Å². The van der Waals surface area contributed by atoms with Crippen LogP contribution in [0.15, 0.2) is 18.2 Å². The maximum atomic E-state index is 6.47. The zero-order valence-corrected chi connectivity index (χ0v) is 12.8. The topological polar surface area (TPSA) is 3.24 Å². The molecule has 2 atom stereocenters. The van der Waals surface area contributed by atoms with Gasteiger partial charge in [0.05, 0.1) is 15.4 Å². The largest absolute Gasteiger partial charge is 0.301 e. The summed E-state index contributed by atoms with van der Waals surface area (Å²) in [5, 5.41) is 1.13. The Morgan fingerprint density at radius 1 is 1.33 bits per heavy atom. The molecule has 1 nitrogen and oxygen atoms in total. The number of alkyl halides is 1. The van der Waals surface area contributed by atoms with Gasteiger partial charge in [0.1, 0.15) is 0 Å². The number of rotatable bonds is 3. The molecule has 0 aliphatic carbocycles. The summed E-state index contributed by atoms with van der Waals surface area (Å²) in [6.45, 7) is 5.47. The molecule has 1 heterocycles. The molecule has 0 radical (unpaired) electrons. The lowest BCUT2D eigenvalue weighted by Gasteiger charge is -2.32. The third-order valence-corrected chi connectivity index (χ3v) is 4.59. The fraction of sp³-hybridized carbons (Fsp3) is 0.571. The number of nitrogens with zero attached hydrogens (tertiary/aromatic N) is 1. The van der Waals surface area contributed by atoms with Gasteiger partial charge in [-0.05, 0) is 43.0 Å². The Bertz CT molecular complexity index is 408. The van der Waals surface area contributed by atoms with Crippen LogP contribution in [0, 0.1) is 5.92 Å². The van der Waals surface area contributed by atoms with Crippen LogP contribution >= 0.6 is 34.8 Å². The van der Waals surface area contributed by atoms with E-state index in [4.69, 9.17) is 34.8 Å². The number of benzene rings is 1. The number of hydrogen-bond donors (Lipinski definition) is 0. The lowest BCUT2D eigenvalue weighted by Crippen LogP contribution is -2.36. The highest BCUT2D eigenvalue weighted by atomic mass is 35.5. The molecular formula is C14H18Cl3N. The Morgan fingerprint density at radius 2 is 2.11 bits per heavy atom. The van der Waals surface area contributed by atoms with E-state index < -0.39 is 0 Å². The van der Waals surface area contributed by atoms with Crippen molar-refractivity contribution >= 4 is 34.8 Å². The molecule has 0 amide bonds. The molecule has 1 saturated heterocycles. The summed E-state index contributed by atoms with van der Waals surface area (Å²) in [7, 11) is 0. The van der Waals surface area contributed by atoms with Crippen LogP contribution in [0.5, 0.6) is 0 Å². The monoisotopic (exact) mass is 305 g/mol. The lowest BCUT2D eigenvalue weighted by atomic mass is 10.00. The number of piperidine rings is 1. The summed E-state index contributed by atoms with van der Waals surface area (Å²) >= 11 is 18.4. The van der Waals surface area contributed by atoms with Gasteiger partial charge in [-0.25, -0.2) is 0 Å². The average molecular weight is 307 g/mol. The normalized spacial score (nSPS) is 23.0. The van der Waals surface area contributed by atoms with Gasteiger partial charge in [0.2, 0.25) is 0 Å². The van der Waals surface area contributed by atoms with Crippen molar-refractivity contribution in [2.75, 3.05) is 19.6 Å². The van der Waals surface area contributed by atoms with Crippen LogP contribution in [0.25, 0.3) is 0 Å².